The van der Waals surface area contributed by atoms with Crippen molar-refractivity contribution in [2.75, 3.05) is 17.6 Å². The Bertz CT molecular complexity index is 881. The first-order valence-electron chi connectivity index (χ1n) is 6.69. The van der Waals surface area contributed by atoms with Crippen LogP contribution in [0.2, 0.25) is 5.02 Å². The van der Waals surface area contributed by atoms with Crippen molar-refractivity contribution in [2.24, 2.45) is 0 Å². The number of carbonyl (C=O) groups excluding carboxylic acids is 1. The van der Waals surface area contributed by atoms with E-state index in [0.717, 1.165) is 4.90 Å². The number of Topliss-reactive ketones (excluding diaryl/α,β-unsaturated/α-hetero) is 1. The van der Waals surface area contributed by atoms with Gasteiger partial charge in [0.2, 0.25) is 0 Å². The Morgan fingerprint density at radius 2 is 2.22 bits per heavy atom. The third-order valence-corrected chi connectivity index (χ3v) is 4.55. The molecule has 3 aromatic rings. The molecule has 0 atom stereocenters. The Balaban J connectivity index is 1.96. The van der Waals surface area contributed by atoms with Crippen LogP contribution in [0.1, 0.15) is 6.92 Å². The van der Waals surface area contributed by atoms with Crippen molar-refractivity contribution in [1.29, 1.82) is 0 Å². The van der Waals surface area contributed by atoms with Crippen molar-refractivity contribution in [3.8, 4) is 0 Å². The summed E-state index contributed by atoms with van der Waals surface area (Å²) in [6, 6.07) is 1.77. The van der Waals surface area contributed by atoms with Crippen LogP contribution in [0.15, 0.2) is 40.8 Å². The van der Waals surface area contributed by atoms with E-state index in [-0.39, 0.29) is 18.1 Å². The first kappa shape index (κ1) is 15.6. The number of rotatable bonds is 5. The number of anilines is 2. The van der Waals surface area contributed by atoms with Gasteiger partial charge >= 0.3 is 0 Å². The van der Waals surface area contributed by atoms with Crippen LogP contribution in [0.3, 0.4) is 0 Å². The molecule has 3 heterocycles. The minimum Gasteiger partial charge on any atom is -0.382 e. The minimum absolute atomic E-state index is 0.0377. The average molecular weight is 349 g/mol. The highest BCUT2D eigenvalue weighted by molar-refractivity contribution is 7.99. The molecule has 9 heteroatoms. The fourth-order valence-corrected chi connectivity index (χ4v) is 3.04. The monoisotopic (exact) mass is 348 g/mol. The second-order valence-corrected chi connectivity index (χ2v) is 6.14. The molecule has 0 fully saturated rings. The number of ketones is 1. The fourth-order valence-electron chi connectivity index (χ4n) is 1.94. The Labute approximate surface area is 141 Å². The van der Waals surface area contributed by atoms with E-state index in [2.05, 4.69) is 20.3 Å². The van der Waals surface area contributed by atoms with Crippen LogP contribution in [0.5, 0.6) is 0 Å². The van der Waals surface area contributed by atoms with E-state index in [9.17, 15) is 4.79 Å². The van der Waals surface area contributed by atoms with Crippen LogP contribution >= 0.6 is 23.4 Å². The maximum atomic E-state index is 11.1. The maximum Gasteiger partial charge on any atom is 0.171 e. The van der Waals surface area contributed by atoms with Gasteiger partial charge < -0.3 is 11.1 Å². The summed E-state index contributed by atoms with van der Waals surface area (Å²) in [4.78, 5) is 24.5. The lowest BCUT2D eigenvalue weighted by Crippen LogP contribution is -2.12. The second kappa shape index (κ2) is 6.43. The van der Waals surface area contributed by atoms with Gasteiger partial charge in [-0.15, -0.1) is 0 Å². The molecule has 3 aromatic heterocycles. The van der Waals surface area contributed by atoms with Crippen molar-refractivity contribution in [2.45, 2.75) is 16.8 Å². The van der Waals surface area contributed by atoms with Gasteiger partial charge in [0.25, 0.3) is 0 Å². The summed E-state index contributed by atoms with van der Waals surface area (Å²) in [6.07, 6.45) is 6.71. The van der Waals surface area contributed by atoms with E-state index in [0.29, 0.717) is 21.5 Å². The van der Waals surface area contributed by atoms with Crippen molar-refractivity contribution in [3.05, 3.63) is 35.9 Å². The Hall–Kier alpha value is -2.32. The van der Waals surface area contributed by atoms with E-state index in [1.54, 1.807) is 30.9 Å². The molecule has 0 bridgehead atoms. The molecule has 3 N–H and O–H groups in total. The largest absolute Gasteiger partial charge is 0.382 e. The number of nitrogens with two attached hydrogens (primary N) is 1. The van der Waals surface area contributed by atoms with E-state index in [4.69, 9.17) is 17.3 Å². The lowest BCUT2D eigenvalue weighted by molar-refractivity contribution is -0.115. The molecule has 0 aliphatic rings. The van der Waals surface area contributed by atoms with Crippen molar-refractivity contribution >= 4 is 46.4 Å². The molecule has 0 amide bonds. The summed E-state index contributed by atoms with van der Waals surface area (Å²) >= 11 is 7.53. The van der Waals surface area contributed by atoms with Crippen molar-refractivity contribution in [1.82, 2.24) is 19.4 Å². The molecule has 0 saturated carbocycles. The highest BCUT2D eigenvalue weighted by Crippen LogP contribution is 2.36. The number of hydrogen-bond acceptors (Lipinski definition) is 7. The van der Waals surface area contributed by atoms with E-state index < -0.39 is 0 Å². The minimum atomic E-state index is 0.0377. The van der Waals surface area contributed by atoms with Crippen LogP contribution < -0.4 is 11.1 Å². The molecule has 23 heavy (non-hydrogen) atoms. The van der Waals surface area contributed by atoms with Crippen LogP contribution in [0.4, 0.5) is 11.6 Å². The molecular weight excluding hydrogens is 336 g/mol. The second-order valence-electron chi connectivity index (χ2n) is 4.74. The van der Waals surface area contributed by atoms with Crippen LogP contribution in [-0.4, -0.2) is 31.7 Å². The lowest BCUT2D eigenvalue weighted by Gasteiger charge is -2.10. The van der Waals surface area contributed by atoms with Crippen LogP contribution in [0.25, 0.3) is 5.65 Å². The molecule has 7 nitrogen and oxygen atoms in total. The molecule has 0 aliphatic carbocycles. The molecular formula is C14H13ClN6OS. The summed E-state index contributed by atoms with van der Waals surface area (Å²) in [7, 11) is 0. The summed E-state index contributed by atoms with van der Waals surface area (Å²) in [5.41, 5.74) is 6.38. The topological polar surface area (TPSA) is 98.2 Å². The first-order chi connectivity index (χ1) is 11.1. The van der Waals surface area contributed by atoms with Gasteiger partial charge in [-0.05, 0) is 13.0 Å². The maximum absolute atomic E-state index is 11.1. The van der Waals surface area contributed by atoms with Gasteiger partial charge in [0.1, 0.15) is 22.4 Å². The Kier molecular flexibility index (Phi) is 4.35. The third kappa shape index (κ3) is 3.22. The number of nitrogens with zero attached hydrogens (tertiary/aromatic N) is 4. The number of halogens is 1. The molecule has 0 aliphatic heterocycles. The average Bonchev–Trinajstić information content (AvgIpc) is 3.01. The van der Waals surface area contributed by atoms with E-state index in [1.807, 2.05) is 4.40 Å². The van der Waals surface area contributed by atoms with E-state index >= 15 is 0 Å². The summed E-state index contributed by atoms with van der Waals surface area (Å²) in [5.74, 6) is 1.00. The van der Waals surface area contributed by atoms with Gasteiger partial charge in [-0.2, -0.15) is 0 Å². The van der Waals surface area contributed by atoms with Crippen molar-refractivity contribution in [3.63, 3.8) is 0 Å². The summed E-state index contributed by atoms with van der Waals surface area (Å²) < 4.78 is 1.83. The van der Waals surface area contributed by atoms with Gasteiger partial charge in [0.05, 0.1) is 17.8 Å². The predicted octanol–water partition coefficient (Wildman–Crippen LogP) is 2.51. The SMILES string of the molecule is CC(=O)CNc1cnc(Sc2ccnc(N)c2Cl)c2nccn12. The molecule has 0 saturated heterocycles. The standard InChI is InChI=1S/C14H13ClN6OS/c1-8(22)6-19-10-7-20-14(13-18-4-5-21(10)13)23-9-2-3-17-12(16)11(9)15/h2-5,7,19H,6H2,1H3,(H2,16,17). The Morgan fingerprint density at radius 3 is 3.00 bits per heavy atom. The van der Waals surface area contributed by atoms with Gasteiger partial charge in [-0.3, -0.25) is 9.20 Å². The molecule has 118 valence electrons. The van der Waals surface area contributed by atoms with Crippen LogP contribution in [0, 0.1) is 0 Å². The number of carbonyl (C=O) groups is 1. The Morgan fingerprint density at radius 1 is 1.39 bits per heavy atom. The van der Waals surface area contributed by atoms with Gasteiger partial charge in [-0.25, -0.2) is 15.0 Å². The summed E-state index contributed by atoms with van der Waals surface area (Å²) in [6.45, 7) is 1.75. The number of nitrogen functional groups attached to an aromatic ring is 1. The third-order valence-electron chi connectivity index (χ3n) is 3.00. The highest BCUT2D eigenvalue weighted by Gasteiger charge is 2.13. The number of imidazole rings is 1. The van der Waals surface area contributed by atoms with Crippen molar-refractivity contribution < 1.29 is 4.79 Å². The zero-order chi connectivity index (χ0) is 16.4. The van der Waals surface area contributed by atoms with E-state index in [1.165, 1.54) is 18.7 Å². The number of nitrogens with one attached hydrogen (secondary N) is 1. The summed E-state index contributed by atoms with van der Waals surface area (Å²) in [5, 5.41) is 4.10. The molecule has 0 radical (unpaired) electrons. The van der Waals surface area contributed by atoms with Gasteiger partial charge in [0, 0.05) is 23.5 Å². The fraction of sp³-hybridized carbons (Fsp3) is 0.143. The number of fused-ring (bicyclic) bond motifs is 1. The molecule has 0 spiro atoms. The quantitative estimate of drug-likeness (QED) is 0.730. The number of hydrogen-bond donors (Lipinski definition) is 2. The van der Waals surface area contributed by atoms with Gasteiger partial charge in [0.15, 0.2) is 5.65 Å². The van der Waals surface area contributed by atoms with Crippen LogP contribution in [-0.2, 0) is 4.79 Å². The molecule has 3 rings (SSSR count). The molecule has 0 unspecified atom stereocenters. The normalized spacial score (nSPS) is 10.9. The zero-order valence-electron chi connectivity index (χ0n) is 12.2. The zero-order valence-corrected chi connectivity index (χ0v) is 13.7. The number of aromatic nitrogens is 4. The van der Waals surface area contributed by atoms with Gasteiger partial charge in [-0.1, -0.05) is 23.4 Å². The predicted molar refractivity (Wildman–Crippen MR) is 89.9 cm³/mol. The smallest absolute Gasteiger partial charge is 0.171 e. The molecule has 0 aromatic carbocycles. The first-order valence-corrected chi connectivity index (χ1v) is 7.89. The number of pyridine rings is 1. The lowest BCUT2D eigenvalue weighted by atomic mass is 10.4. The highest BCUT2D eigenvalue weighted by atomic mass is 35.5.